The van der Waals surface area contributed by atoms with Gasteiger partial charge in [0.1, 0.15) is 0 Å². The normalized spacial score (nSPS) is 9.94. The second-order valence-electron chi connectivity index (χ2n) is 2.98. The minimum atomic E-state index is -0.671. The molecule has 0 spiro atoms. The van der Waals surface area contributed by atoms with E-state index in [2.05, 4.69) is 4.98 Å². The topological polar surface area (TPSA) is 94.5 Å². The van der Waals surface area contributed by atoms with Crippen LogP contribution in [0.15, 0.2) is 0 Å². The average molecular weight is 228 g/mol. The summed E-state index contributed by atoms with van der Waals surface area (Å²) in [6, 6.07) is 0. The van der Waals surface area contributed by atoms with Crippen LogP contribution in [-0.2, 0) is 4.74 Å². The molecule has 0 amide bonds. The van der Waals surface area contributed by atoms with Crippen molar-refractivity contribution in [3.8, 4) is 5.75 Å². The van der Waals surface area contributed by atoms with Gasteiger partial charge >= 0.3 is 11.7 Å². The van der Waals surface area contributed by atoms with Gasteiger partial charge in [0.25, 0.3) is 0 Å². The Morgan fingerprint density at radius 1 is 1.56 bits per heavy atom. The Labute approximate surface area is 91.5 Å². The van der Waals surface area contributed by atoms with E-state index in [1.807, 2.05) is 0 Å². The molecule has 0 radical (unpaired) electrons. The van der Waals surface area contributed by atoms with Crippen LogP contribution in [0.2, 0.25) is 0 Å². The Morgan fingerprint density at radius 2 is 2.19 bits per heavy atom. The lowest BCUT2D eigenvalue weighted by Gasteiger charge is -2.01. The second kappa shape index (κ2) is 4.65. The van der Waals surface area contributed by atoms with Crippen LogP contribution >= 0.6 is 0 Å². The Bertz CT molecular complexity index is 424. The molecule has 88 valence electrons. The summed E-state index contributed by atoms with van der Waals surface area (Å²) in [5.41, 5.74) is -0.0241. The zero-order valence-corrected chi connectivity index (χ0v) is 9.20. The van der Waals surface area contributed by atoms with Crippen molar-refractivity contribution in [2.75, 3.05) is 13.7 Å². The number of ether oxygens (including phenoxy) is 2. The van der Waals surface area contributed by atoms with Crippen LogP contribution in [0.1, 0.15) is 23.1 Å². The molecular formula is C9H12N2O5. The number of nitrogens with zero attached hydrogens (tertiary/aromatic N) is 1. The Morgan fingerprint density at radius 3 is 2.62 bits per heavy atom. The van der Waals surface area contributed by atoms with Gasteiger partial charge in [0.2, 0.25) is 5.75 Å². The van der Waals surface area contributed by atoms with Crippen LogP contribution in [0.25, 0.3) is 0 Å². The van der Waals surface area contributed by atoms with E-state index in [1.54, 1.807) is 6.92 Å². The first-order valence-corrected chi connectivity index (χ1v) is 4.61. The minimum absolute atomic E-state index is 0.0337. The molecule has 0 aliphatic rings. The van der Waals surface area contributed by atoms with E-state index in [0.717, 1.165) is 0 Å². The number of hydrogen-bond acceptors (Lipinski definition) is 5. The summed E-state index contributed by atoms with van der Waals surface area (Å²) in [5, 5.41) is 10.7. The third-order valence-corrected chi connectivity index (χ3v) is 1.98. The number of nitrogens with one attached hydrogen (secondary N) is 1. The molecule has 0 saturated carbocycles. The molecule has 0 bridgehead atoms. The number of rotatable bonds is 4. The van der Waals surface area contributed by atoms with E-state index >= 15 is 0 Å². The molecule has 1 rings (SSSR count). The SMILES string of the molecule is CCOC(=O)c1[nH]c(C)c([N+](=O)[O-])c1OC. The Kier molecular flexibility index (Phi) is 3.49. The summed E-state index contributed by atoms with van der Waals surface area (Å²) in [6.45, 7) is 3.33. The van der Waals surface area contributed by atoms with Crippen molar-refractivity contribution in [3.63, 3.8) is 0 Å². The van der Waals surface area contributed by atoms with Crippen molar-refractivity contribution < 1.29 is 19.2 Å². The number of nitro groups is 1. The van der Waals surface area contributed by atoms with E-state index < -0.39 is 10.9 Å². The van der Waals surface area contributed by atoms with Gasteiger partial charge in [-0.25, -0.2) is 4.79 Å². The highest BCUT2D eigenvalue weighted by Gasteiger charge is 2.29. The summed E-state index contributed by atoms with van der Waals surface area (Å²) in [5.74, 6) is -0.767. The van der Waals surface area contributed by atoms with Gasteiger partial charge in [-0.1, -0.05) is 0 Å². The molecule has 1 N–H and O–H groups in total. The molecule has 0 unspecified atom stereocenters. The number of aromatic nitrogens is 1. The van der Waals surface area contributed by atoms with E-state index in [1.165, 1.54) is 14.0 Å². The maximum absolute atomic E-state index is 11.5. The highest BCUT2D eigenvalue weighted by atomic mass is 16.6. The van der Waals surface area contributed by atoms with Crippen molar-refractivity contribution in [1.82, 2.24) is 4.98 Å². The lowest BCUT2D eigenvalue weighted by molar-refractivity contribution is -0.386. The number of esters is 1. The smallest absolute Gasteiger partial charge is 0.358 e. The highest BCUT2D eigenvalue weighted by molar-refractivity contribution is 5.93. The highest BCUT2D eigenvalue weighted by Crippen LogP contribution is 2.34. The van der Waals surface area contributed by atoms with Crippen LogP contribution in [0, 0.1) is 17.0 Å². The number of carbonyl (C=O) groups is 1. The number of aryl methyl sites for hydroxylation is 1. The standard InChI is InChI=1S/C9H12N2O5/c1-4-16-9(12)6-8(15-3)7(11(13)14)5(2)10-6/h10H,4H2,1-3H3. The third kappa shape index (κ3) is 1.97. The van der Waals surface area contributed by atoms with Crippen LogP contribution in [0.3, 0.4) is 0 Å². The fourth-order valence-corrected chi connectivity index (χ4v) is 1.36. The molecule has 0 aromatic carbocycles. The van der Waals surface area contributed by atoms with Gasteiger partial charge < -0.3 is 14.5 Å². The molecular weight excluding hydrogens is 216 g/mol. The zero-order chi connectivity index (χ0) is 12.3. The van der Waals surface area contributed by atoms with Gasteiger partial charge in [0, 0.05) is 0 Å². The molecule has 16 heavy (non-hydrogen) atoms. The lowest BCUT2D eigenvalue weighted by Crippen LogP contribution is -2.06. The van der Waals surface area contributed by atoms with E-state index in [0.29, 0.717) is 0 Å². The monoisotopic (exact) mass is 228 g/mol. The second-order valence-corrected chi connectivity index (χ2v) is 2.98. The van der Waals surface area contributed by atoms with Crippen molar-refractivity contribution >= 4 is 11.7 Å². The number of H-pyrrole nitrogens is 1. The van der Waals surface area contributed by atoms with Gasteiger partial charge in [-0.3, -0.25) is 10.1 Å². The zero-order valence-electron chi connectivity index (χ0n) is 9.20. The Balaban J connectivity index is 3.26. The van der Waals surface area contributed by atoms with E-state index in [4.69, 9.17) is 9.47 Å². The molecule has 7 heteroatoms. The maximum atomic E-state index is 11.5. The van der Waals surface area contributed by atoms with Gasteiger partial charge in [-0.2, -0.15) is 0 Å². The molecule has 0 saturated heterocycles. The number of methoxy groups -OCH3 is 1. The minimum Gasteiger partial charge on any atom is -0.488 e. The Hall–Kier alpha value is -2.05. The van der Waals surface area contributed by atoms with E-state index in [9.17, 15) is 14.9 Å². The third-order valence-electron chi connectivity index (χ3n) is 1.98. The number of carbonyl (C=O) groups excluding carboxylic acids is 1. The van der Waals surface area contributed by atoms with Crippen molar-refractivity contribution in [1.29, 1.82) is 0 Å². The molecule has 1 aromatic heterocycles. The van der Waals surface area contributed by atoms with Crippen molar-refractivity contribution in [2.24, 2.45) is 0 Å². The fourth-order valence-electron chi connectivity index (χ4n) is 1.36. The predicted octanol–water partition coefficient (Wildman–Crippen LogP) is 1.42. The van der Waals surface area contributed by atoms with Crippen molar-refractivity contribution in [3.05, 3.63) is 21.5 Å². The van der Waals surface area contributed by atoms with Crippen LogP contribution in [0.4, 0.5) is 5.69 Å². The first kappa shape index (κ1) is 12.0. The van der Waals surface area contributed by atoms with Crippen LogP contribution in [-0.4, -0.2) is 29.6 Å². The largest absolute Gasteiger partial charge is 0.488 e. The molecule has 0 aliphatic heterocycles. The number of aromatic amines is 1. The molecule has 1 aromatic rings. The predicted molar refractivity (Wildman–Crippen MR) is 54.7 cm³/mol. The quantitative estimate of drug-likeness (QED) is 0.477. The summed E-state index contributed by atoms with van der Waals surface area (Å²) in [6.07, 6.45) is 0. The van der Waals surface area contributed by atoms with Crippen LogP contribution in [0.5, 0.6) is 5.75 Å². The summed E-state index contributed by atoms with van der Waals surface area (Å²) in [4.78, 5) is 24.2. The maximum Gasteiger partial charge on any atom is 0.358 e. The molecule has 0 atom stereocenters. The van der Waals surface area contributed by atoms with Crippen molar-refractivity contribution in [2.45, 2.75) is 13.8 Å². The van der Waals surface area contributed by atoms with E-state index in [-0.39, 0.29) is 29.4 Å². The molecule has 0 fully saturated rings. The first-order valence-electron chi connectivity index (χ1n) is 4.61. The molecule has 7 nitrogen and oxygen atoms in total. The average Bonchev–Trinajstić information content (AvgIpc) is 2.55. The van der Waals surface area contributed by atoms with Crippen LogP contribution < -0.4 is 4.74 Å². The first-order chi connectivity index (χ1) is 7.52. The van der Waals surface area contributed by atoms with Gasteiger partial charge in [0.05, 0.1) is 24.3 Å². The van der Waals surface area contributed by atoms with Gasteiger partial charge in [0.15, 0.2) is 5.69 Å². The number of hydrogen-bond donors (Lipinski definition) is 1. The lowest BCUT2D eigenvalue weighted by atomic mass is 10.3. The van der Waals surface area contributed by atoms with Gasteiger partial charge in [-0.05, 0) is 13.8 Å². The fraction of sp³-hybridized carbons (Fsp3) is 0.444. The van der Waals surface area contributed by atoms with Gasteiger partial charge in [-0.15, -0.1) is 0 Å². The molecule has 1 heterocycles. The molecule has 0 aliphatic carbocycles. The summed E-state index contributed by atoms with van der Waals surface area (Å²) in [7, 11) is 1.26. The summed E-state index contributed by atoms with van der Waals surface area (Å²) >= 11 is 0. The summed E-state index contributed by atoms with van der Waals surface area (Å²) < 4.78 is 9.60.